The van der Waals surface area contributed by atoms with Crippen LogP contribution in [0.5, 0.6) is 5.75 Å². The van der Waals surface area contributed by atoms with Gasteiger partial charge in [-0.05, 0) is 18.6 Å². The van der Waals surface area contributed by atoms with Gasteiger partial charge in [-0.3, -0.25) is 0 Å². The molecule has 0 spiro atoms. The quantitative estimate of drug-likeness (QED) is 0.837. The molecule has 5 nitrogen and oxygen atoms in total. The fourth-order valence-corrected chi connectivity index (χ4v) is 2.85. The summed E-state index contributed by atoms with van der Waals surface area (Å²) in [6, 6.07) is 3.62. The lowest BCUT2D eigenvalue weighted by molar-refractivity contribution is -0.275. The first kappa shape index (κ1) is 16.7. The lowest BCUT2D eigenvalue weighted by Gasteiger charge is -2.17. The van der Waals surface area contributed by atoms with Crippen molar-refractivity contribution < 1.29 is 31.4 Å². The number of para-hydroxylation sites is 1. The number of halogens is 3. The fourth-order valence-electron chi connectivity index (χ4n) is 1.41. The lowest BCUT2D eigenvalue weighted by Crippen LogP contribution is -2.37. The number of aliphatic hydroxyl groups is 1. The number of benzene rings is 1. The monoisotopic (exact) mass is 313 g/mol. The number of alkyl halides is 3. The van der Waals surface area contributed by atoms with Crippen molar-refractivity contribution in [2.24, 2.45) is 0 Å². The number of ether oxygens (including phenoxy) is 1. The molecule has 0 unspecified atom stereocenters. The SMILES string of the molecule is CC[C@@H](CO)NS(=O)(=O)c1ccccc1OC(F)(F)F. The van der Waals surface area contributed by atoms with Crippen molar-refractivity contribution in [3.8, 4) is 5.75 Å². The molecule has 0 radical (unpaired) electrons. The molecule has 0 saturated heterocycles. The molecule has 1 aromatic carbocycles. The standard InChI is InChI=1S/C11H14F3NO4S/c1-2-8(7-16)15-20(17,18)10-6-4-3-5-9(10)19-11(12,13)14/h3-6,8,15-16H,2,7H2,1H3/t8-/m0/s1. The summed E-state index contributed by atoms with van der Waals surface area (Å²) in [5.74, 6) is -0.819. The molecule has 0 heterocycles. The van der Waals surface area contributed by atoms with Crippen LogP contribution in [0, 0.1) is 0 Å². The highest BCUT2D eigenvalue weighted by atomic mass is 32.2. The minimum Gasteiger partial charge on any atom is -0.404 e. The zero-order valence-corrected chi connectivity index (χ0v) is 11.3. The Kier molecular flexibility index (Phi) is 5.37. The predicted octanol–water partition coefficient (Wildman–Crippen LogP) is 1.63. The smallest absolute Gasteiger partial charge is 0.404 e. The summed E-state index contributed by atoms with van der Waals surface area (Å²) in [6.07, 6.45) is -4.70. The zero-order valence-electron chi connectivity index (χ0n) is 10.5. The van der Waals surface area contributed by atoms with Crippen LogP contribution >= 0.6 is 0 Å². The molecule has 9 heteroatoms. The van der Waals surface area contributed by atoms with Gasteiger partial charge in [0.15, 0.2) is 0 Å². The number of nitrogens with one attached hydrogen (secondary N) is 1. The van der Waals surface area contributed by atoms with E-state index in [2.05, 4.69) is 9.46 Å². The van der Waals surface area contributed by atoms with Gasteiger partial charge in [0, 0.05) is 6.04 Å². The van der Waals surface area contributed by atoms with Crippen molar-refractivity contribution in [2.75, 3.05) is 6.61 Å². The number of rotatable bonds is 6. The van der Waals surface area contributed by atoms with E-state index in [-0.39, 0.29) is 6.42 Å². The van der Waals surface area contributed by atoms with E-state index in [0.717, 1.165) is 12.1 Å². The number of hydrogen-bond donors (Lipinski definition) is 2. The van der Waals surface area contributed by atoms with Crippen LogP contribution < -0.4 is 9.46 Å². The maximum atomic E-state index is 12.2. The van der Waals surface area contributed by atoms with Gasteiger partial charge in [-0.15, -0.1) is 13.2 Å². The molecule has 0 fully saturated rings. The van der Waals surface area contributed by atoms with Gasteiger partial charge in [0.2, 0.25) is 10.0 Å². The molecule has 0 saturated carbocycles. The Morgan fingerprint density at radius 3 is 2.45 bits per heavy atom. The van der Waals surface area contributed by atoms with Gasteiger partial charge in [-0.25, -0.2) is 13.1 Å². The summed E-state index contributed by atoms with van der Waals surface area (Å²) in [7, 11) is -4.22. The summed E-state index contributed by atoms with van der Waals surface area (Å²) in [5, 5.41) is 8.95. The molecule has 0 amide bonds. The number of sulfonamides is 1. The molecule has 0 aromatic heterocycles. The van der Waals surface area contributed by atoms with Gasteiger partial charge >= 0.3 is 6.36 Å². The van der Waals surface area contributed by atoms with Crippen molar-refractivity contribution in [1.29, 1.82) is 0 Å². The van der Waals surface area contributed by atoms with Crippen molar-refractivity contribution >= 4 is 10.0 Å². The van der Waals surface area contributed by atoms with E-state index < -0.39 is 39.7 Å². The Bertz CT molecular complexity index is 541. The largest absolute Gasteiger partial charge is 0.573 e. The van der Waals surface area contributed by atoms with E-state index in [1.165, 1.54) is 12.1 Å². The third kappa shape index (κ3) is 4.66. The normalized spacial score (nSPS) is 14.1. The van der Waals surface area contributed by atoms with Gasteiger partial charge in [0.05, 0.1) is 6.61 Å². The topological polar surface area (TPSA) is 75.6 Å². The third-order valence-electron chi connectivity index (χ3n) is 2.40. The first-order valence-corrected chi connectivity index (χ1v) is 7.16. The number of hydrogen-bond acceptors (Lipinski definition) is 4. The Morgan fingerprint density at radius 1 is 1.35 bits per heavy atom. The number of aliphatic hydroxyl groups excluding tert-OH is 1. The highest BCUT2D eigenvalue weighted by Gasteiger charge is 2.34. The van der Waals surface area contributed by atoms with Crippen molar-refractivity contribution in [1.82, 2.24) is 4.72 Å². The average molecular weight is 313 g/mol. The van der Waals surface area contributed by atoms with E-state index in [1.54, 1.807) is 6.92 Å². The second kappa shape index (κ2) is 6.42. The van der Waals surface area contributed by atoms with E-state index in [0.29, 0.717) is 0 Å². The van der Waals surface area contributed by atoms with Crippen molar-refractivity contribution in [3.63, 3.8) is 0 Å². The Labute approximate surface area is 114 Å². The molecule has 20 heavy (non-hydrogen) atoms. The van der Waals surface area contributed by atoms with E-state index >= 15 is 0 Å². The van der Waals surface area contributed by atoms with E-state index in [1.807, 2.05) is 0 Å². The van der Waals surface area contributed by atoms with Crippen LogP contribution in [0.1, 0.15) is 13.3 Å². The van der Waals surface area contributed by atoms with Crippen LogP contribution in [0.4, 0.5) is 13.2 Å². The molecular weight excluding hydrogens is 299 g/mol. The van der Waals surface area contributed by atoms with Crippen molar-refractivity contribution in [3.05, 3.63) is 24.3 Å². The Hall–Kier alpha value is -1.32. The van der Waals surface area contributed by atoms with Gasteiger partial charge < -0.3 is 9.84 Å². The fraction of sp³-hybridized carbons (Fsp3) is 0.455. The summed E-state index contributed by atoms with van der Waals surface area (Å²) in [5.41, 5.74) is 0. The predicted molar refractivity (Wildman–Crippen MR) is 64.6 cm³/mol. The molecular formula is C11H14F3NO4S. The third-order valence-corrected chi connectivity index (χ3v) is 3.96. The van der Waals surface area contributed by atoms with E-state index in [4.69, 9.17) is 5.11 Å². The van der Waals surface area contributed by atoms with Crippen molar-refractivity contribution in [2.45, 2.75) is 30.6 Å². The van der Waals surface area contributed by atoms with Gasteiger partial charge in [0.25, 0.3) is 0 Å². The van der Waals surface area contributed by atoms with Crippen LogP contribution in [-0.2, 0) is 10.0 Å². The van der Waals surface area contributed by atoms with Gasteiger partial charge in [-0.1, -0.05) is 19.1 Å². The molecule has 114 valence electrons. The van der Waals surface area contributed by atoms with Crippen LogP contribution in [0.15, 0.2) is 29.2 Å². The summed E-state index contributed by atoms with van der Waals surface area (Å²) >= 11 is 0. The Morgan fingerprint density at radius 2 is 1.95 bits per heavy atom. The second-order valence-corrected chi connectivity index (χ2v) is 5.59. The molecule has 1 atom stereocenters. The van der Waals surface area contributed by atoms with Crippen LogP contribution in [-0.4, -0.2) is 32.5 Å². The first-order valence-electron chi connectivity index (χ1n) is 5.67. The van der Waals surface area contributed by atoms with E-state index in [9.17, 15) is 21.6 Å². The molecule has 0 bridgehead atoms. The molecule has 0 aliphatic carbocycles. The molecule has 0 aliphatic rings. The molecule has 1 rings (SSSR count). The molecule has 2 N–H and O–H groups in total. The second-order valence-electron chi connectivity index (χ2n) is 3.90. The minimum absolute atomic E-state index is 0.290. The molecule has 1 aromatic rings. The summed E-state index contributed by atoms with van der Waals surface area (Å²) in [6.45, 7) is 1.17. The highest BCUT2D eigenvalue weighted by Crippen LogP contribution is 2.29. The maximum Gasteiger partial charge on any atom is 0.573 e. The maximum absolute atomic E-state index is 12.2. The summed E-state index contributed by atoms with van der Waals surface area (Å²) < 4.78 is 66.5. The van der Waals surface area contributed by atoms with Crippen LogP contribution in [0.3, 0.4) is 0 Å². The van der Waals surface area contributed by atoms with Crippen LogP contribution in [0.25, 0.3) is 0 Å². The lowest BCUT2D eigenvalue weighted by atomic mass is 10.3. The molecule has 0 aliphatic heterocycles. The minimum atomic E-state index is -4.99. The van der Waals surface area contributed by atoms with Gasteiger partial charge in [-0.2, -0.15) is 0 Å². The van der Waals surface area contributed by atoms with Gasteiger partial charge in [0.1, 0.15) is 10.6 Å². The highest BCUT2D eigenvalue weighted by molar-refractivity contribution is 7.89. The average Bonchev–Trinajstić information content (AvgIpc) is 2.34. The van der Waals surface area contributed by atoms with Crippen LogP contribution in [0.2, 0.25) is 0 Å². The zero-order chi connectivity index (χ0) is 15.4. The Balaban J connectivity index is 3.12. The first-order chi connectivity index (χ1) is 9.19. The summed E-state index contributed by atoms with van der Waals surface area (Å²) in [4.78, 5) is -0.635.